The quantitative estimate of drug-likeness (QED) is 0.0837. The second-order valence-corrected chi connectivity index (χ2v) is 18.9. The summed E-state index contributed by atoms with van der Waals surface area (Å²) in [6.07, 6.45) is 19.8. The molecule has 69 heavy (non-hydrogen) atoms. The average Bonchev–Trinajstić information content (AvgIpc) is 3.64. The maximum Gasteiger partial charge on any atom is 0.264 e. The molecule has 0 bridgehead atoms. The summed E-state index contributed by atoms with van der Waals surface area (Å²) < 4.78 is 0. The van der Waals surface area contributed by atoms with Gasteiger partial charge < -0.3 is 25.3 Å². The molecular weight excluding hydrogens is 877 g/mol. The van der Waals surface area contributed by atoms with Crippen LogP contribution in [0.25, 0.3) is 6.08 Å². The van der Waals surface area contributed by atoms with Gasteiger partial charge >= 0.3 is 0 Å². The number of hydrogen-bond acceptors (Lipinski definition) is 12. The van der Waals surface area contributed by atoms with Crippen LogP contribution in [0, 0.1) is 5.92 Å². The van der Waals surface area contributed by atoms with E-state index in [9.17, 15) is 33.6 Å². The van der Waals surface area contributed by atoms with E-state index < -0.39 is 29.7 Å². The molecule has 0 aliphatic carbocycles. The molecule has 3 N–H and O–H groups in total. The lowest BCUT2D eigenvalue weighted by Crippen LogP contribution is -2.54. The zero-order valence-electron chi connectivity index (χ0n) is 39.6. The monoisotopic (exact) mass is 943 g/mol. The van der Waals surface area contributed by atoms with Gasteiger partial charge in [0, 0.05) is 115 Å². The van der Waals surface area contributed by atoms with E-state index in [1.165, 1.54) is 0 Å². The van der Waals surface area contributed by atoms with E-state index >= 15 is 0 Å². The van der Waals surface area contributed by atoms with E-state index in [1.807, 2.05) is 34.1 Å². The highest BCUT2D eigenvalue weighted by atomic mass is 16.2. The first-order chi connectivity index (χ1) is 33.6. The van der Waals surface area contributed by atoms with E-state index in [2.05, 4.69) is 30.7 Å². The number of likely N-dealkylation sites (tertiary alicyclic amines) is 1. The van der Waals surface area contributed by atoms with Crippen molar-refractivity contribution in [3.63, 3.8) is 0 Å². The van der Waals surface area contributed by atoms with Crippen molar-refractivity contribution in [3.8, 4) is 0 Å². The molecule has 0 radical (unpaired) electrons. The molecule has 4 saturated heterocycles. The molecule has 366 valence electrons. The van der Waals surface area contributed by atoms with Crippen molar-refractivity contribution < 1.29 is 33.6 Å². The van der Waals surface area contributed by atoms with E-state index in [-0.39, 0.29) is 41.7 Å². The predicted octanol–water partition coefficient (Wildman–Crippen LogP) is 4.91. The van der Waals surface area contributed by atoms with Crippen LogP contribution in [0.2, 0.25) is 0 Å². The number of carbonyl (C=O) groups is 7. The number of rotatable bonds is 19. The maximum atomic E-state index is 13.4. The Hall–Kier alpha value is -6.49. The van der Waals surface area contributed by atoms with Gasteiger partial charge in [-0.2, -0.15) is 0 Å². The average molecular weight is 943 g/mol. The number of fused-ring (bicyclic) bond motifs is 1. The summed E-state index contributed by atoms with van der Waals surface area (Å²) in [7, 11) is 0. The van der Waals surface area contributed by atoms with Gasteiger partial charge in [0.15, 0.2) is 0 Å². The number of benzene rings is 1. The minimum atomic E-state index is -1.000. The number of piperazine rings is 1. The number of hydrogen-bond donors (Lipinski definition) is 3. The topological polar surface area (TPSA) is 198 Å². The van der Waals surface area contributed by atoms with Crippen LogP contribution in [-0.4, -0.2) is 148 Å². The predicted molar refractivity (Wildman–Crippen MR) is 261 cm³/mol. The lowest BCUT2D eigenvalue weighted by molar-refractivity contribution is -0.136. The number of amides is 7. The summed E-state index contributed by atoms with van der Waals surface area (Å²) in [5, 5.41) is 8.49. The number of carbonyl (C=O) groups excluding carboxylic acids is 7. The van der Waals surface area contributed by atoms with E-state index in [0.717, 1.165) is 139 Å². The first-order valence-corrected chi connectivity index (χ1v) is 25.1. The standard InChI is InChI=1S/C52H66N10O7/c63-45(18-14-38-10-8-24-53-35-38)55-26-6-4-9-37-20-27-61(28-21-37)50(67)39-15-17-44(56-36-39)59-29-22-40(23-30-59)58-31-33-60(34-32-58)47(65)13-3-1-2-5-25-54-42-12-7-11-41-48(42)52(69)62(51(41)68)43-16-19-46(64)57-49(43)66/h7-8,10-12,14-15,17-18,24,35-37,40,43,54H,1-6,9,13,16,19-23,25-34H2,(H,55,63)(H,57,64,66)/b18-14+. The van der Waals surface area contributed by atoms with Crippen LogP contribution in [-0.2, 0) is 19.2 Å². The fraction of sp³-hybridized carbons (Fsp3) is 0.519. The fourth-order valence-corrected chi connectivity index (χ4v) is 10.4. The molecule has 17 nitrogen and oxygen atoms in total. The van der Waals surface area contributed by atoms with Crippen LogP contribution in [0.5, 0.6) is 0 Å². The van der Waals surface area contributed by atoms with Crippen LogP contribution in [0.4, 0.5) is 11.5 Å². The molecular formula is C52H66N10O7. The van der Waals surface area contributed by atoms with Crippen LogP contribution in [0.15, 0.2) is 67.1 Å². The zero-order chi connectivity index (χ0) is 48.1. The van der Waals surface area contributed by atoms with Crippen molar-refractivity contribution in [2.75, 3.05) is 75.7 Å². The van der Waals surface area contributed by atoms with Crippen molar-refractivity contribution in [1.82, 2.24) is 40.2 Å². The molecule has 0 saturated carbocycles. The summed E-state index contributed by atoms with van der Waals surface area (Å²) in [5.41, 5.74) is 2.60. The fourth-order valence-electron chi connectivity index (χ4n) is 10.4. The molecule has 5 aliphatic rings. The molecule has 7 amide bonds. The van der Waals surface area contributed by atoms with Gasteiger partial charge in [-0.05, 0) is 99.3 Å². The minimum Gasteiger partial charge on any atom is -0.384 e. The Kier molecular flexibility index (Phi) is 16.8. The summed E-state index contributed by atoms with van der Waals surface area (Å²) in [6, 6.07) is 12.2. The molecule has 8 rings (SSSR count). The highest BCUT2D eigenvalue weighted by molar-refractivity contribution is 6.25. The lowest BCUT2D eigenvalue weighted by Gasteiger charge is -2.43. The Balaban J connectivity index is 0.658. The van der Waals surface area contributed by atoms with Crippen molar-refractivity contribution in [1.29, 1.82) is 0 Å². The Labute approximate surface area is 404 Å². The van der Waals surface area contributed by atoms with Crippen LogP contribution < -0.4 is 20.9 Å². The minimum absolute atomic E-state index is 0.0482. The molecule has 5 aliphatic heterocycles. The highest BCUT2D eigenvalue weighted by Gasteiger charge is 2.45. The second kappa shape index (κ2) is 23.7. The van der Waals surface area contributed by atoms with Crippen molar-refractivity contribution >= 4 is 58.9 Å². The molecule has 17 heteroatoms. The van der Waals surface area contributed by atoms with Gasteiger partial charge in [0.1, 0.15) is 11.9 Å². The summed E-state index contributed by atoms with van der Waals surface area (Å²) in [5.74, 6) is -0.416. The smallest absolute Gasteiger partial charge is 0.264 e. The van der Waals surface area contributed by atoms with E-state index in [0.29, 0.717) is 42.7 Å². The SMILES string of the molecule is O=C(/C=C/c1cccnc1)NCCCCC1CCN(C(=O)c2ccc(N3CCC(N4CCN(C(=O)CCCCCCNc5cccc6c5C(=O)N(C5CCC(=O)NC5=O)C6=O)CC4)CC3)nc2)CC1. The summed E-state index contributed by atoms with van der Waals surface area (Å²) >= 11 is 0. The van der Waals surface area contributed by atoms with E-state index in [4.69, 9.17) is 4.98 Å². The van der Waals surface area contributed by atoms with Crippen LogP contribution >= 0.6 is 0 Å². The molecule has 4 fully saturated rings. The van der Waals surface area contributed by atoms with Gasteiger partial charge in [-0.3, -0.25) is 53.7 Å². The number of imide groups is 2. The molecule has 0 spiro atoms. The molecule has 1 unspecified atom stereocenters. The number of anilines is 2. The summed E-state index contributed by atoms with van der Waals surface area (Å²) in [6.45, 7) is 7.80. The number of nitrogens with zero attached hydrogens (tertiary/aromatic N) is 7. The Morgan fingerprint density at radius 3 is 2.26 bits per heavy atom. The zero-order valence-corrected chi connectivity index (χ0v) is 39.6. The number of nitrogens with one attached hydrogen (secondary N) is 3. The molecule has 3 aromatic rings. The van der Waals surface area contributed by atoms with Gasteiger partial charge in [0.25, 0.3) is 17.7 Å². The Bertz CT molecular complexity index is 2340. The first kappa shape index (κ1) is 48.9. The van der Waals surface area contributed by atoms with E-state index in [1.54, 1.807) is 48.9 Å². The summed E-state index contributed by atoms with van der Waals surface area (Å²) in [4.78, 5) is 108. The largest absolute Gasteiger partial charge is 0.384 e. The number of piperidine rings is 3. The Morgan fingerprint density at radius 1 is 0.739 bits per heavy atom. The molecule has 1 aromatic carbocycles. The molecule has 2 aromatic heterocycles. The third-order valence-corrected chi connectivity index (χ3v) is 14.4. The van der Waals surface area contributed by atoms with Crippen molar-refractivity contribution in [2.24, 2.45) is 5.92 Å². The molecule has 1 atom stereocenters. The normalized spacial score (nSPS) is 19.6. The Morgan fingerprint density at radius 2 is 1.52 bits per heavy atom. The van der Waals surface area contributed by atoms with Gasteiger partial charge in [0.05, 0.1) is 16.7 Å². The van der Waals surface area contributed by atoms with Crippen molar-refractivity contribution in [3.05, 3.63) is 89.4 Å². The van der Waals surface area contributed by atoms with Crippen LogP contribution in [0.1, 0.15) is 127 Å². The maximum absolute atomic E-state index is 13.4. The third kappa shape index (κ3) is 12.6. The first-order valence-electron chi connectivity index (χ1n) is 25.1. The third-order valence-electron chi connectivity index (χ3n) is 14.4. The second-order valence-electron chi connectivity index (χ2n) is 18.9. The van der Waals surface area contributed by atoms with Crippen molar-refractivity contribution in [2.45, 2.75) is 102 Å². The van der Waals surface area contributed by atoms with Crippen LogP contribution in [0.3, 0.4) is 0 Å². The number of unbranched alkanes of at least 4 members (excludes halogenated alkanes) is 4. The number of pyridine rings is 2. The number of aromatic nitrogens is 2. The highest BCUT2D eigenvalue weighted by Crippen LogP contribution is 2.33. The molecule has 7 heterocycles. The van der Waals surface area contributed by atoms with Gasteiger partial charge in [-0.15, -0.1) is 0 Å². The van der Waals surface area contributed by atoms with Gasteiger partial charge in [-0.1, -0.05) is 37.8 Å². The van der Waals surface area contributed by atoms with Gasteiger partial charge in [-0.25, -0.2) is 4.98 Å². The lowest BCUT2D eigenvalue weighted by atomic mass is 9.91. The van der Waals surface area contributed by atoms with Gasteiger partial charge in [0.2, 0.25) is 23.6 Å².